The topological polar surface area (TPSA) is 57.6 Å². The maximum Gasteiger partial charge on any atom is 0.308 e. The van der Waals surface area contributed by atoms with Gasteiger partial charge in [-0.3, -0.25) is 9.59 Å². The molecular weight excluding hydrogens is 273 g/mol. The first-order chi connectivity index (χ1) is 8.75. The normalized spacial score (nSPS) is 12.1. The summed E-state index contributed by atoms with van der Waals surface area (Å²) >= 11 is 5.75. The third-order valence-corrected chi connectivity index (χ3v) is 3.29. The van der Waals surface area contributed by atoms with E-state index in [-0.39, 0.29) is 17.1 Å². The van der Waals surface area contributed by atoms with E-state index in [9.17, 15) is 14.0 Å². The summed E-state index contributed by atoms with van der Waals surface area (Å²) in [5, 5.41) is 8.69. The van der Waals surface area contributed by atoms with E-state index in [1.165, 1.54) is 24.9 Å². The van der Waals surface area contributed by atoms with E-state index < -0.39 is 23.6 Å². The molecule has 0 bridgehead atoms. The second-order valence-electron chi connectivity index (χ2n) is 4.48. The first-order valence-corrected chi connectivity index (χ1v) is 6.06. The second kappa shape index (κ2) is 6.02. The third kappa shape index (κ3) is 3.44. The molecule has 0 fully saturated rings. The number of hydrogen-bond acceptors (Lipinski definition) is 2. The van der Waals surface area contributed by atoms with Gasteiger partial charge in [0.25, 0.3) is 5.91 Å². The molecule has 6 heteroatoms. The van der Waals surface area contributed by atoms with E-state index in [2.05, 4.69) is 0 Å². The molecule has 1 N–H and O–H groups in total. The lowest BCUT2D eigenvalue weighted by Crippen LogP contribution is -2.34. The molecule has 0 aliphatic heterocycles. The van der Waals surface area contributed by atoms with E-state index in [1.54, 1.807) is 13.0 Å². The molecule has 0 aliphatic rings. The Kier molecular flexibility index (Phi) is 4.89. The Morgan fingerprint density at radius 3 is 2.58 bits per heavy atom. The predicted octanol–water partition coefficient (Wildman–Crippen LogP) is 2.58. The zero-order valence-corrected chi connectivity index (χ0v) is 11.7. The monoisotopic (exact) mass is 287 g/mol. The van der Waals surface area contributed by atoms with Crippen molar-refractivity contribution in [2.24, 2.45) is 5.92 Å². The molecule has 1 aromatic rings. The van der Waals surface area contributed by atoms with Gasteiger partial charge in [-0.2, -0.15) is 0 Å². The van der Waals surface area contributed by atoms with E-state index in [0.717, 1.165) is 0 Å². The largest absolute Gasteiger partial charge is 0.481 e. The van der Waals surface area contributed by atoms with Crippen molar-refractivity contribution in [1.82, 2.24) is 4.90 Å². The van der Waals surface area contributed by atoms with E-state index >= 15 is 0 Å². The number of carbonyl (C=O) groups is 2. The van der Waals surface area contributed by atoms with Crippen LogP contribution >= 0.6 is 11.6 Å². The summed E-state index contributed by atoms with van der Waals surface area (Å²) in [6.45, 7) is 3.11. The molecule has 19 heavy (non-hydrogen) atoms. The maximum absolute atomic E-state index is 13.9. The van der Waals surface area contributed by atoms with Gasteiger partial charge < -0.3 is 10.0 Å². The van der Waals surface area contributed by atoms with Crippen LogP contribution < -0.4 is 0 Å². The van der Waals surface area contributed by atoms with Gasteiger partial charge in [0.05, 0.1) is 16.5 Å². The number of carboxylic acids is 1. The lowest BCUT2D eigenvalue weighted by molar-refractivity contribution is -0.141. The fourth-order valence-electron chi connectivity index (χ4n) is 1.59. The summed E-state index contributed by atoms with van der Waals surface area (Å²) in [6.07, 6.45) is 0. The molecule has 0 saturated carbocycles. The summed E-state index contributed by atoms with van der Waals surface area (Å²) in [5.41, 5.74) is 0.382. The Balaban J connectivity index is 2.95. The Morgan fingerprint density at radius 2 is 2.05 bits per heavy atom. The Hall–Kier alpha value is -1.62. The Morgan fingerprint density at radius 1 is 1.47 bits per heavy atom. The fourth-order valence-corrected chi connectivity index (χ4v) is 1.75. The molecule has 0 spiro atoms. The van der Waals surface area contributed by atoms with Crippen molar-refractivity contribution in [1.29, 1.82) is 0 Å². The van der Waals surface area contributed by atoms with Crippen LogP contribution in [-0.4, -0.2) is 35.5 Å². The average Bonchev–Trinajstić information content (AvgIpc) is 2.35. The molecule has 1 aromatic carbocycles. The third-order valence-electron chi connectivity index (χ3n) is 2.82. The van der Waals surface area contributed by atoms with Gasteiger partial charge in [-0.1, -0.05) is 24.6 Å². The molecule has 1 unspecified atom stereocenters. The van der Waals surface area contributed by atoms with Crippen LogP contribution in [0.1, 0.15) is 22.8 Å². The minimum Gasteiger partial charge on any atom is -0.481 e. The lowest BCUT2D eigenvalue weighted by atomic mass is 10.1. The van der Waals surface area contributed by atoms with Gasteiger partial charge in [-0.05, 0) is 18.6 Å². The van der Waals surface area contributed by atoms with Crippen LogP contribution in [0.25, 0.3) is 0 Å². The van der Waals surface area contributed by atoms with Crippen molar-refractivity contribution < 1.29 is 19.1 Å². The van der Waals surface area contributed by atoms with Gasteiger partial charge >= 0.3 is 5.97 Å². The van der Waals surface area contributed by atoms with Crippen LogP contribution in [0.5, 0.6) is 0 Å². The van der Waals surface area contributed by atoms with Crippen molar-refractivity contribution in [3.8, 4) is 0 Å². The van der Waals surface area contributed by atoms with Gasteiger partial charge in [0.1, 0.15) is 0 Å². The fraction of sp³-hybridized carbons (Fsp3) is 0.385. The molecule has 0 aliphatic carbocycles. The highest BCUT2D eigenvalue weighted by Crippen LogP contribution is 2.23. The first-order valence-electron chi connectivity index (χ1n) is 5.68. The highest BCUT2D eigenvalue weighted by Gasteiger charge is 2.22. The van der Waals surface area contributed by atoms with Gasteiger partial charge in [0.15, 0.2) is 5.82 Å². The summed E-state index contributed by atoms with van der Waals surface area (Å²) < 4.78 is 13.9. The van der Waals surface area contributed by atoms with Crippen molar-refractivity contribution in [2.75, 3.05) is 13.6 Å². The van der Waals surface area contributed by atoms with Crippen molar-refractivity contribution in [3.05, 3.63) is 34.1 Å². The first kappa shape index (κ1) is 15.4. The highest BCUT2D eigenvalue weighted by molar-refractivity contribution is 6.31. The second-order valence-corrected chi connectivity index (χ2v) is 4.86. The maximum atomic E-state index is 13.9. The minimum atomic E-state index is -1.01. The van der Waals surface area contributed by atoms with Crippen LogP contribution in [0.3, 0.4) is 0 Å². The molecule has 4 nitrogen and oxygen atoms in total. The van der Waals surface area contributed by atoms with Crippen LogP contribution in [0.2, 0.25) is 5.02 Å². The molecule has 0 aromatic heterocycles. The summed E-state index contributed by atoms with van der Waals surface area (Å²) in [5.74, 6) is -3.10. The zero-order chi connectivity index (χ0) is 14.7. The van der Waals surface area contributed by atoms with E-state index in [0.29, 0.717) is 5.56 Å². The Labute approximate surface area is 115 Å². The van der Waals surface area contributed by atoms with E-state index in [1.807, 2.05) is 0 Å². The predicted molar refractivity (Wildman–Crippen MR) is 69.9 cm³/mol. The standard InChI is InChI=1S/C13H15ClFNO3/c1-7-4-5-9(11(15)10(7)14)12(17)16(3)6-8(2)13(18)19/h4-5,8H,6H2,1-3H3,(H,18,19). The number of nitrogens with zero attached hydrogens (tertiary/aromatic N) is 1. The van der Waals surface area contributed by atoms with E-state index in [4.69, 9.17) is 16.7 Å². The number of carboxylic acid groups (broad SMARTS) is 1. The molecule has 0 saturated heterocycles. The molecule has 0 heterocycles. The van der Waals surface area contributed by atoms with Gasteiger partial charge in [0.2, 0.25) is 0 Å². The molecular formula is C13H15ClFNO3. The summed E-state index contributed by atoms with van der Waals surface area (Å²) in [4.78, 5) is 23.9. The van der Waals surface area contributed by atoms with Crippen molar-refractivity contribution >= 4 is 23.5 Å². The molecule has 1 amide bonds. The number of carbonyl (C=O) groups excluding carboxylic acids is 1. The molecule has 1 atom stereocenters. The SMILES string of the molecule is Cc1ccc(C(=O)N(C)CC(C)C(=O)O)c(F)c1Cl. The summed E-state index contributed by atoms with van der Waals surface area (Å²) in [6, 6.07) is 2.90. The quantitative estimate of drug-likeness (QED) is 0.926. The number of aliphatic carboxylic acids is 1. The summed E-state index contributed by atoms with van der Waals surface area (Å²) in [7, 11) is 1.43. The average molecular weight is 288 g/mol. The van der Waals surface area contributed by atoms with Crippen LogP contribution in [-0.2, 0) is 4.79 Å². The Bertz CT molecular complexity index is 519. The van der Waals surface area contributed by atoms with Crippen molar-refractivity contribution in [3.63, 3.8) is 0 Å². The lowest BCUT2D eigenvalue weighted by Gasteiger charge is -2.20. The van der Waals surface area contributed by atoms with Crippen LogP contribution in [0, 0.1) is 18.7 Å². The van der Waals surface area contributed by atoms with Gasteiger partial charge in [-0.25, -0.2) is 4.39 Å². The number of benzene rings is 1. The molecule has 1 rings (SSSR count). The van der Waals surface area contributed by atoms with Crippen LogP contribution in [0.15, 0.2) is 12.1 Å². The number of hydrogen-bond donors (Lipinski definition) is 1. The molecule has 0 radical (unpaired) electrons. The zero-order valence-electron chi connectivity index (χ0n) is 10.9. The van der Waals surface area contributed by atoms with Crippen LogP contribution in [0.4, 0.5) is 4.39 Å². The number of aryl methyl sites for hydroxylation is 1. The minimum absolute atomic E-state index is 0.000891. The number of halogens is 2. The number of amides is 1. The number of rotatable bonds is 4. The van der Waals surface area contributed by atoms with Gasteiger partial charge in [-0.15, -0.1) is 0 Å². The van der Waals surface area contributed by atoms with Crippen molar-refractivity contribution in [2.45, 2.75) is 13.8 Å². The molecule has 104 valence electrons. The highest BCUT2D eigenvalue weighted by atomic mass is 35.5. The smallest absolute Gasteiger partial charge is 0.308 e. The van der Waals surface area contributed by atoms with Gasteiger partial charge in [0, 0.05) is 13.6 Å².